The monoisotopic (exact) mass is 504 g/mol. The number of hydrogen-bond acceptors (Lipinski definition) is 4. The molecule has 5 aromatic carbocycles. The molecule has 39 heavy (non-hydrogen) atoms. The van der Waals surface area contributed by atoms with E-state index >= 15 is 0 Å². The van der Waals surface area contributed by atoms with Crippen molar-refractivity contribution < 1.29 is 8.83 Å². The van der Waals surface area contributed by atoms with E-state index in [1.165, 1.54) is 11.1 Å². The lowest BCUT2D eigenvalue weighted by Gasteiger charge is -2.26. The van der Waals surface area contributed by atoms with Crippen LogP contribution in [0.3, 0.4) is 0 Å². The van der Waals surface area contributed by atoms with Crippen LogP contribution in [0.5, 0.6) is 0 Å². The highest BCUT2D eigenvalue weighted by atomic mass is 16.3. The van der Waals surface area contributed by atoms with Crippen LogP contribution in [-0.4, -0.2) is 0 Å². The fourth-order valence-electron chi connectivity index (χ4n) is 5.74. The van der Waals surface area contributed by atoms with Crippen molar-refractivity contribution in [3.63, 3.8) is 0 Å². The number of nitrogens with zero attached hydrogens (tertiary/aromatic N) is 1. The normalized spacial score (nSPS) is 12.6. The highest BCUT2D eigenvalue weighted by Crippen LogP contribution is 2.46. The number of rotatable bonds is 4. The van der Waals surface area contributed by atoms with Crippen molar-refractivity contribution in [2.45, 2.75) is 6.54 Å². The number of hydrogen-bond donors (Lipinski definition) is 1. The lowest BCUT2D eigenvalue weighted by molar-refractivity contribution is 0.532. The summed E-state index contributed by atoms with van der Waals surface area (Å²) in [6.45, 7) is 0.672. The van der Waals surface area contributed by atoms with Crippen molar-refractivity contribution in [1.82, 2.24) is 5.32 Å². The Hall–Kier alpha value is -5.22. The van der Waals surface area contributed by atoms with E-state index in [1.807, 2.05) is 30.5 Å². The zero-order chi connectivity index (χ0) is 25.8. The molecule has 1 aliphatic heterocycles. The maximum absolute atomic E-state index is 6.52. The first-order valence-electron chi connectivity index (χ1n) is 13.2. The fraction of sp³-hybridized carbons (Fsp3) is 0.0286. The smallest absolute Gasteiger partial charge is 0.159 e. The van der Waals surface area contributed by atoms with Crippen LogP contribution >= 0.6 is 0 Å². The Kier molecular flexibility index (Phi) is 4.85. The standard InChI is InChI=1S/C35H24N2O2/c1-2-8-23(9-3-1)24-16-18-25(19-17-24)37(29-12-7-15-32-34(29)28-20-21-36-22-33(28)38-32)30-13-6-11-27-26-10-4-5-14-31(26)39-35(27)30/h1-21,36H,22H2. The lowest BCUT2D eigenvalue weighted by atomic mass is 10.0. The van der Waals surface area contributed by atoms with Gasteiger partial charge in [0.25, 0.3) is 0 Å². The second-order valence-corrected chi connectivity index (χ2v) is 9.80. The molecule has 4 heteroatoms. The average Bonchev–Trinajstić information content (AvgIpc) is 3.58. The van der Waals surface area contributed by atoms with Crippen LogP contribution in [0, 0.1) is 0 Å². The van der Waals surface area contributed by atoms with Gasteiger partial charge in [0.2, 0.25) is 0 Å². The van der Waals surface area contributed by atoms with E-state index in [4.69, 9.17) is 8.83 Å². The summed E-state index contributed by atoms with van der Waals surface area (Å²) >= 11 is 0. The summed E-state index contributed by atoms with van der Waals surface area (Å²) in [4.78, 5) is 2.30. The number of benzene rings is 5. The van der Waals surface area contributed by atoms with Crippen LogP contribution in [0.4, 0.5) is 17.1 Å². The van der Waals surface area contributed by atoms with Gasteiger partial charge in [-0.2, -0.15) is 0 Å². The number of furan rings is 2. The molecular weight excluding hydrogens is 480 g/mol. The summed E-state index contributed by atoms with van der Waals surface area (Å²) in [5.41, 5.74) is 9.16. The molecule has 0 saturated heterocycles. The number of nitrogens with one attached hydrogen (secondary N) is 1. The molecule has 1 N–H and O–H groups in total. The molecule has 2 aromatic heterocycles. The molecule has 4 nitrogen and oxygen atoms in total. The Labute approximate surface area is 225 Å². The molecule has 0 fully saturated rings. The number of fused-ring (bicyclic) bond motifs is 6. The third-order valence-electron chi connectivity index (χ3n) is 7.54. The van der Waals surface area contributed by atoms with Gasteiger partial charge in [0, 0.05) is 22.0 Å². The summed E-state index contributed by atoms with van der Waals surface area (Å²) < 4.78 is 12.8. The molecule has 0 amide bonds. The largest absolute Gasteiger partial charge is 0.458 e. The lowest BCUT2D eigenvalue weighted by Crippen LogP contribution is -2.11. The molecule has 0 atom stereocenters. The zero-order valence-electron chi connectivity index (χ0n) is 21.1. The summed E-state index contributed by atoms with van der Waals surface area (Å²) in [5.74, 6) is 0.946. The Balaban J connectivity index is 1.40. The van der Waals surface area contributed by atoms with Crippen LogP contribution in [0.25, 0.3) is 50.1 Å². The number of para-hydroxylation sites is 2. The minimum absolute atomic E-state index is 0.672. The van der Waals surface area contributed by atoms with Crippen molar-refractivity contribution in [1.29, 1.82) is 0 Å². The van der Waals surface area contributed by atoms with Crippen molar-refractivity contribution in [3.05, 3.63) is 133 Å². The third kappa shape index (κ3) is 3.46. The molecule has 7 aromatic rings. The summed E-state index contributed by atoms with van der Waals surface area (Å²) in [5, 5.41) is 6.57. The van der Waals surface area contributed by atoms with E-state index in [-0.39, 0.29) is 0 Å². The van der Waals surface area contributed by atoms with Crippen molar-refractivity contribution in [2.75, 3.05) is 4.90 Å². The predicted octanol–water partition coefficient (Wildman–Crippen LogP) is 9.54. The first-order valence-corrected chi connectivity index (χ1v) is 13.2. The second-order valence-electron chi connectivity index (χ2n) is 9.80. The SMILES string of the molecule is C1=Cc2c(oc3cccc(N(c4ccc(-c5ccccc5)cc4)c4cccc5c4oc4ccccc45)c23)CN1. The molecule has 186 valence electrons. The number of anilines is 3. The maximum Gasteiger partial charge on any atom is 0.159 e. The second kappa shape index (κ2) is 8.67. The van der Waals surface area contributed by atoms with E-state index in [1.54, 1.807) is 0 Å². The van der Waals surface area contributed by atoms with Crippen LogP contribution in [0.15, 0.2) is 130 Å². The van der Waals surface area contributed by atoms with Crippen molar-refractivity contribution in [2.24, 2.45) is 0 Å². The van der Waals surface area contributed by atoms with Crippen LogP contribution < -0.4 is 10.2 Å². The van der Waals surface area contributed by atoms with Gasteiger partial charge in [0.15, 0.2) is 5.58 Å². The third-order valence-corrected chi connectivity index (χ3v) is 7.54. The van der Waals surface area contributed by atoms with Gasteiger partial charge in [0.1, 0.15) is 16.9 Å². The molecule has 0 unspecified atom stereocenters. The molecule has 0 saturated carbocycles. The van der Waals surface area contributed by atoms with Gasteiger partial charge in [-0.15, -0.1) is 0 Å². The quantitative estimate of drug-likeness (QED) is 0.259. The van der Waals surface area contributed by atoms with E-state index < -0.39 is 0 Å². The highest BCUT2D eigenvalue weighted by molar-refractivity contribution is 6.12. The topological polar surface area (TPSA) is 41.6 Å². The molecule has 8 rings (SSSR count). The minimum Gasteiger partial charge on any atom is -0.458 e. The molecule has 3 heterocycles. The fourth-order valence-corrected chi connectivity index (χ4v) is 5.74. The highest BCUT2D eigenvalue weighted by Gasteiger charge is 2.24. The summed E-state index contributed by atoms with van der Waals surface area (Å²) in [6.07, 6.45) is 4.10. The molecular formula is C35H24N2O2. The van der Waals surface area contributed by atoms with Crippen molar-refractivity contribution in [3.8, 4) is 11.1 Å². The van der Waals surface area contributed by atoms with Gasteiger partial charge in [-0.05, 0) is 59.8 Å². The van der Waals surface area contributed by atoms with Crippen molar-refractivity contribution >= 4 is 56.0 Å². The molecule has 0 bridgehead atoms. The summed E-state index contributed by atoms with van der Waals surface area (Å²) in [6, 6.07) is 40.1. The van der Waals surface area contributed by atoms with E-state index in [0.717, 1.165) is 61.3 Å². The van der Waals surface area contributed by atoms with Crippen LogP contribution in [-0.2, 0) is 6.54 Å². The van der Waals surface area contributed by atoms with E-state index in [0.29, 0.717) is 6.54 Å². The average molecular weight is 505 g/mol. The van der Waals surface area contributed by atoms with Crippen LogP contribution in [0.1, 0.15) is 11.3 Å². The first kappa shape index (κ1) is 21.8. The van der Waals surface area contributed by atoms with Gasteiger partial charge in [0.05, 0.1) is 23.3 Å². The van der Waals surface area contributed by atoms with Gasteiger partial charge in [-0.1, -0.05) is 78.9 Å². The Bertz CT molecular complexity index is 2010. The predicted molar refractivity (Wildman–Crippen MR) is 159 cm³/mol. The molecule has 0 radical (unpaired) electrons. The molecule has 1 aliphatic rings. The van der Waals surface area contributed by atoms with E-state index in [2.05, 4.69) is 107 Å². The van der Waals surface area contributed by atoms with Gasteiger partial charge >= 0.3 is 0 Å². The maximum atomic E-state index is 6.52. The van der Waals surface area contributed by atoms with Gasteiger partial charge < -0.3 is 19.1 Å². The van der Waals surface area contributed by atoms with E-state index in [9.17, 15) is 0 Å². The van der Waals surface area contributed by atoms with Gasteiger partial charge in [-0.25, -0.2) is 0 Å². The first-order chi connectivity index (χ1) is 19.3. The molecule has 0 spiro atoms. The van der Waals surface area contributed by atoms with Gasteiger partial charge in [-0.3, -0.25) is 0 Å². The van der Waals surface area contributed by atoms with Crippen LogP contribution in [0.2, 0.25) is 0 Å². The molecule has 0 aliphatic carbocycles. The minimum atomic E-state index is 0.672. The Morgan fingerprint density at radius 1 is 0.590 bits per heavy atom. The Morgan fingerprint density at radius 2 is 1.31 bits per heavy atom. The zero-order valence-corrected chi connectivity index (χ0v) is 21.1. The summed E-state index contributed by atoms with van der Waals surface area (Å²) in [7, 11) is 0. The Morgan fingerprint density at radius 3 is 2.21 bits per heavy atom.